The van der Waals surface area contributed by atoms with Gasteiger partial charge in [0, 0.05) is 12.0 Å². The van der Waals surface area contributed by atoms with Crippen molar-refractivity contribution < 1.29 is 4.74 Å². The summed E-state index contributed by atoms with van der Waals surface area (Å²) in [6, 6.07) is 11.4. The summed E-state index contributed by atoms with van der Waals surface area (Å²) in [7, 11) is 0. The summed E-state index contributed by atoms with van der Waals surface area (Å²) >= 11 is 5.98. The molecule has 106 valence electrons. The van der Waals surface area contributed by atoms with Gasteiger partial charge in [-0.1, -0.05) is 43.6 Å². The van der Waals surface area contributed by atoms with Crippen molar-refractivity contribution in [3.63, 3.8) is 0 Å². The molecule has 0 radical (unpaired) electrons. The van der Waals surface area contributed by atoms with E-state index in [1.807, 2.05) is 44.2 Å². The number of halogens is 1. The summed E-state index contributed by atoms with van der Waals surface area (Å²) in [5, 5.41) is 3.64. The van der Waals surface area contributed by atoms with Crippen LogP contribution in [0.4, 0.5) is 5.82 Å². The number of aromatic nitrogens is 2. The lowest BCUT2D eigenvalue weighted by Gasteiger charge is -2.10. The SMILES string of the molecule is CC(C)c1nc(Cl)cc(NCCOc2ccccc2)n1. The van der Waals surface area contributed by atoms with Crippen LogP contribution in [-0.4, -0.2) is 23.1 Å². The number of nitrogens with one attached hydrogen (secondary N) is 1. The number of hydrogen-bond donors (Lipinski definition) is 1. The molecule has 1 N–H and O–H groups in total. The third kappa shape index (κ3) is 4.38. The van der Waals surface area contributed by atoms with E-state index in [9.17, 15) is 0 Å². The van der Waals surface area contributed by atoms with Crippen LogP contribution in [0.3, 0.4) is 0 Å². The predicted octanol–water partition coefficient (Wildman–Crippen LogP) is 3.74. The van der Waals surface area contributed by atoms with Crippen LogP contribution in [0.25, 0.3) is 0 Å². The molecule has 2 rings (SSSR count). The van der Waals surface area contributed by atoms with Crippen LogP contribution in [0.15, 0.2) is 36.4 Å². The lowest BCUT2D eigenvalue weighted by Crippen LogP contribution is -2.13. The molecule has 0 amide bonds. The molecule has 0 atom stereocenters. The molecule has 0 saturated carbocycles. The molecule has 0 aliphatic rings. The number of anilines is 1. The van der Waals surface area contributed by atoms with Gasteiger partial charge in [0.05, 0.1) is 6.54 Å². The van der Waals surface area contributed by atoms with Crippen LogP contribution in [0, 0.1) is 0 Å². The van der Waals surface area contributed by atoms with Gasteiger partial charge in [-0.05, 0) is 12.1 Å². The van der Waals surface area contributed by atoms with E-state index in [-0.39, 0.29) is 5.92 Å². The molecule has 0 saturated heterocycles. The van der Waals surface area contributed by atoms with E-state index in [1.54, 1.807) is 6.07 Å². The molecule has 1 aromatic heterocycles. The summed E-state index contributed by atoms with van der Waals surface area (Å²) in [6.45, 7) is 5.28. The average Bonchev–Trinajstić information content (AvgIpc) is 2.44. The first kappa shape index (κ1) is 14.6. The van der Waals surface area contributed by atoms with Gasteiger partial charge in [0.25, 0.3) is 0 Å². The Kier molecular flexibility index (Phi) is 5.18. The highest BCUT2D eigenvalue weighted by atomic mass is 35.5. The van der Waals surface area contributed by atoms with Crippen molar-refractivity contribution >= 4 is 17.4 Å². The Bertz CT molecular complexity index is 546. The molecular formula is C15H18ClN3O. The Balaban J connectivity index is 1.85. The van der Waals surface area contributed by atoms with Crippen molar-refractivity contribution in [2.45, 2.75) is 19.8 Å². The quantitative estimate of drug-likeness (QED) is 0.650. The van der Waals surface area contributed by atoms with Gasteiger partial charge < -0.3 is 10.1 Å². The number of rotatable bonds is 6. The Hall–Kier alpha value is -1.81. The Morgan fingerprint density at radius 3 is 2.65 bits per heavy atom. The highest BCUT2D eigenvalue weighted by Crippen LogP contribution is 2.16. The van der Waals surface area contributed by atoms with E-state index in [0.29, 0.717) is 18.3 Å². The minimum absolute atomic E-state index is 0.245. The highest BCUT2D eigenvalue weighted by Gasteiger charge is 2.06. The fourth-order valence-electron chi connectivity index (χ4n) is 1.65. The van der Waals surface area contributed by atoms with Crippen molar-refractivity contribution in [1.29, 1.82) is 0 Å². The zero-order valence-electron chi connectivity index (χ0n) is 11.6. The summed E-state index contributed by atoms with van der Waals surface area (Å²) in [5.74, 6) is 2.57. The summed E-state index contributed by atoms with van der Waals surface area (Å²) in [5.41, 5.74) is 0. The summed E-state index contributed by atoms with van der Waals surface area (Å²) in [6.07, 6.45) is 0. The minimum atomic E-state index is 0.245. The lowest BCUT2D eigenvalue weighted by atomic mass is 10.2. The maximum Gasteiger partial charge on any atom is 0.135 e. The van der Waals surface area contributed by atoms with Crippen molar-refractivity contribution in [3.05, 3.63) is 47.4 Å². The van der Waals surface area contributed by atoms with Gasteiger partial charge in [-0.3, -0.25) is 0 Å². The molecule has 0 fully saturated rings. The normalized spacial score (nSPS) is 10.6. The summed E-state index contributed by atoms with van der Waals surface area (Å²) < 4.78 is 5.60. The van der Waals surface area contributed by atoms with Crippen LogP contribution >= 0.6 is 11.6 Å². The van der Waals surface area contributed by atoms with E-state index in [4.69, 9.17) is 16.3 Å². The zero-order valence-corrected chi connectivity index (χ0v) is 12.4. The van der Waals surface area contributed by atoms with Gasteiger partial charge in [-0.15, -0.1) is 0 Å². The molecule has 2 aromatic rings. The van der Waals surface area contributed by atoms with E-state index < -0.39 is 0 Å². The molecule has 4 nitrogen and oxygen atoms in total. The van der Waals surface area contributed by atoms with E-state index in [1.165, 1.54) is 0 Å². The third-order valence-electron chi connectivity index (χ3n) is 2.65. The van der Waals surface area contributed by atoms with Crippen molar-refractivity contribution in [2.24, 2.45) is 0 Å². The van der Waals surface area contributed by atoms with Crippen LogP contribution in [0.2, 0.25) is 5.15 Å². The van der Waals surface area contributed by atoms with Gasteiger partial charge in [-0.2, -0.15) is 0 Å². The van der Waals surface area contributed by atoms with Gasteiger partial charge >= 0.3 is 0 Å². The monoisotopic (exact) mass is 291 g/mol. The largest absolute Gasteiger partial charge is 0.492 e. The zero-order chi connectivity index (χ0) is 14.4. The first-order valence-corrected chi connectivity index (χ1v) is 6.99. The highest BCUT2D eigenvalue weighted by molar-refractivity contribution is 6.29. The predicted molar refractivity (Wildman–Crippen MR) is 81.6 cm³/mol. The smallest absolute Gasteiger partial charge is 0.135 e. The molecule has 20 heavy (non-hydrogen) atoms. The molecule has 5 heteroatoms. The molecule has 0 bridgehead atoms. The van der Waals surface area contributed by atoms with Crippen LogP contribution in [-0.2, 0) is 0 Å². The van der Waals surface area contributed by atoms with E-state index in [0.717, 1.165) is 17.4 Å². The van der Waals surface area contributed by atoms with Gasteiger partial charge in [0.1, 0.15) is 29.2 Å². The Labute approximate surface area is 124 Å². The standard InChI is InChI=1S/C15H18ClN3O/c1-11(2)15-18-13(16)10-14(19-15)17-8-9-20-12-6-4-3-5-7-12/h3-7,10-11H,8-9H2,1-2H3,(H,17,18,19). The first-order valence-electron chi connectivity index (χ1n) is 6.61. The molecule has 1 aromatic carbocycles. The number of nitrogens with zero attached hydrogens (tertiary/aromatic N) is 2. The maximum atomic E-state index is 5.98. The summed E-state index contributed by atoms with van der Waals surface area (Å²) in [4.78, 5) is 8.61. The molecule has 0 aliphatic heterocycles. The number of para-hydroxylation sites is 1. The van der Waals surface area contributed by atoms with Crippen LogP contribution in [0.1, 0.15) is 25.6 Å². The maximum absolute atomic E-state index is 5.98. The Morgan fingerprint density at radius 1 is 1.20 bits per heavy atom. The topological polar surface area (TPSA) is 47.0 Å². The second-order valence-corrected chi connectivity index (χ2v) is 5.06. The van der Waals surface area contributed by atoms with Crippen LogP contribution < -0.4 is 10.1 Å². The fourth-order valence-corrected chi connectivity index (χ4v) is 1.84. The molecule has 0 spiro atoms. The van der Waals surface area contributed by atoms with Crippen molar-refractivity contribution in [2.75, 3.05) is 18.5 Å². The van der Waals surface area contributed by atoms with Gasteiger partial charge in [0.2, 0.25) is 0 Å². The van der Waals surface area contributed by atoms with Gasteiger partial charge in [0.15, 0.2) is 0 Å². The average molecular weight is 292 g/mol. The molecule has 0 aliphatic carbocycles. The Morgan fingerprint density at radius 2 is 1.95 bits per heavy atom. The van der Waals surface area contributed by atoms with Crippen LogP contribution in [0.5, 0.6) is 5.75 Å². The van der Waals surface area contributed by atoms with E-state index in [2.05, 4.69) is 15.3 Å². The third-order valence-corrected chi connectivity index (χ3v) is 2.84. The fraction of sp³-hybridized carbons (Fsp3) is 0.333. The minimum Gasteiger partial charge on any atom is -0.492 e. The number of ether oxygens (including phenoxy) is 1. The second kappa shape index (κ2) is 7.10. The first-order chi connectivity index (χ1) is 9.65. The number of hydrogen-bond acceptors (Lipinski definition) is 4. The molecule has 1 heterocycles. The molecule has 0 unspecified atom stereocenters. The van der Waals surface area contributed by atoms with Gasteiger partial charge in [-0.25, -0.2) is 9.97 Å². The molecular weight excluding hydrogens is 274 g/mol. The lowest BCUT2D eigenvalue weighted by molar-refractivity contribution is 0.332. The number of benzene rings is 1. The second-order valence-electron chi connectivity index (χ2n) is 4.68. The van der Waals surface area contributed by atoms with E-state index >= 15 is 0 Å². The van der Waals surface area contributed by atoms with Crippen molar-refractivity contribution in [1.82, 2.24) is 9.97 Å². The van der Waals surface area contributed by atoms with Crippen molar-refractivity contribution in [3.8, 4) is 5.75 Å².